The minimum Gasteiger partial charge on any atom is -0.383 e. The van der Waals surface area contributed by atoms with Gasteiger partial charge in [0.25, 0.3) is 0 Å². The number of aromatic nitrogens is 2. The van der Waals surface area contributed by atoms with Crippen molar-refractivity contribution in [2.24, 2.45) is 0 Å². The summed E-state index contributed by atoms with van der Waals surface area (Å²) >= 11 is 1.36. The van der Waals surface area contributed by atoms with Crippen molar-refractivity contribution < 1.29 is 18.7 Å². The van der Waals surface area contributed by atoms with E-state index in [-0.39, 0.29) is 29.9 Å². The van der Waals surface area contributed by atoms with Crippen molar-refractivity contribution in [3.8, 4) is 5.69 Å². The number of methoxy groups -OCH3 is 1. The van der Waals surface area contributed by atoms with Crippen LogP contribution in [0.5, 0.6) is 0 Å². The second-order valence-corrected chi connectivity index (χ2v) is 11.7. The summed E-state index contributed by atoms with van der Waals surface area (Å²) in [5, 5.41) is 7.41. The summed E-state index contributed by atoms with van der Waals surface area (Å²) in [5.74, 6) is -0.278. The molecule has 0 saturated carbocycles. The van der Waals surface area contributed by atoms with E-state index >= 15 is 4.39 Å². The Hall–Kier alpha value is -3.17. The number of halogens is 1. The Bertz CT molecular complexity index is 1350. The van der Waals surface area contributed by atoms with Gasteiger partial charge in [-0.15, -0.1) is 11.8 Å². The highest BCUT2D eigenvalue weighted by Crippen LogP contribution is 2.49. The fraction of sp³-hybridized carbons (Fsp3) is 0.414. The number of carbonyl (C=O) groups is 2. The fourth-order valence-corrected chi connectivity index (χ4v) is 5.93. The largest absolute Gasteiger partial charge is 0.383 e. The third-order valence-corrected chi connectivity index (χ3v) is 7.73. The van der Waals surface area contributed by atoms with Gasteiger partial charge < -0.3 is 10.1 Å². The molecule has 2 amide bonds. The Balaban J connectivity index is 2.00. The van der Waals surface area contributed by atoms with Crippen LogP contribution in [0.4, 0.5) is 10.2 Å². The molecule has 0 fully saturated rings. The van der Waals surface area contributed by atoms with Crippen molar-refractivity contribution in [3.63, 3.8) is 0 Å². The lowest BCUT2D eigenvalue weighted by molar-refractivity contribution is -0.123. The number of nitrogens with zero attached hydrogens (tertiary/aromatic N) is 3. The van der Waals surface area contributed by atoms with Gasteiger partial charge in [-0.3, -0.25) is 14.5 Å². The molecule has 0 aliphatic carbocycles. The van der Waals surface area contributed by atoms with E-state index in [2.05, 4.69) is 32.2 Å². The molecule has 202 valence electrons. The highest BCUT2D eigenvalue weighted by atomic mass is 32.2. The monoisotopic (exact) mass is 538 g/mol. The first kappa shape index (κ1) is 27.9. The molecule has 2 aromatic carbocycles. The zero-order chi connectivity index (χ0) is 27.6. The van der Waals surface area contributed by atoms with E-state index in [0.29, 0.717) is 24.5 Å². The molecule has 0 radical (unpaired) electrons. The summed E-state index contributed by atoms with van der Waals surface area (Å²) in [6.45, 7) is 10.7. The number of nitrogens with one attached hydrogen (secondary N) is 1. The Morgan fingerprint density at radius 1 is 1.21 bits per heavy atom. The van der Waals surface area contributed by atoms with Crippen molar-refractivity contribution >= 4 is 29.4 Å². The summed E-state index contributed by atoms with van der Waals surface area (Å²) in [5.41, 5.74) is 4.47. The maximum atomic E-state index is 15.2. The number of aryl methyl sites for hydroxylation is 2. The number of hydrogen-bond acceptors (Lipinski definition) is 5. The first-order valence-electron chi connectivity index (χ1n) is 12.7. The number of thioether (sulfide) groups is 1. The summed E-state index contributed by atoms with van der Waals surface area (Å²) < 4.78 is 22.0. The third-order valence-electron chi connectivity index (χ3n) is 6.50. The Morgan fingerprint density at radius 3 is 2.61 bits per heavy atom. The van der Waals surface area contributed by atoms with Crippen LogP contribution in [0.15, 0.2) is 42.5 Å². The SMILES string of the molecule is COCCNC(=O)CN1C(=O)CS[C@@H](c2ccccc2F)c2c(C(C)(C)C)nn(-c3ccc(C)cc3C)c21. The highest BCUT2D eigenvalue weighted by molar-refractivity contribution is 8.00. The van der Waals surface area contributed by atoms with Crippen LogP contribution in [0.1, 0.15) is 54.0 Å². The third kappa shape index (κ3) is 5.63. The first-order valence-corrected chi connectivity index (χ1v) is 13.7. The van der Waals surface area contributed by atoms with Crippen LogP contribution in [-0.2, 0) is 19.7 Å². The van der Waals surface area contributed by atoms with Crippen molar-refractivity contribution in [2.45, 2.75) is 45.3 Å². The zero-order valence-electron chi connectivity index (χ0n) is 22.8. The zero-order valence-corrected chi connectivity index (χ0v) is 23.6. The van der Waals surface area contributed by atoms with Gasteiger partial charge in [-0.1, -0.05) is 56.7 Å². The molecule has 1 aromatic heterocycles. The lowest BCUT2D eigenvalue weighted by Crippen LogP contribution is -2.43. The smallest absolute Gasteiger partial charge is 0.240 e. The standard InChI is InChI=1S/C29H35FN4O3S/c1-18-11-12-22(19(2)15-18)34-28-25(27(32-34)29(3,4)5)26(20-9-7-8-10-21(20)30)38-17-24(36)33(28)16-23(35)31-13-14-37-6/h7-12,15,26H,13-14,16-17H2,1-6H3,(H,31,35)/t26-/m0/s1. The molecule has 0 bridgehead atoms. The predicted molar refractivity (Wildman–Crippen MR) is 150 cm³/mol. The Kier molecular flexibility index (Phi) is 8.28. The van der Waals surface area contributed by atoms with Crippen LogP contribution < -0.4 is 10.2 Å². The predicted octanol–water partition coefficient (Wildman–Crippen LogP) is 4.86. The Labute approximate surface area is 227 Å². The lowest BCUT2D eigenvalue weighted by atomic mass is 9.87. The molecule has 7 nitrogen and oxygen atoms in total. The van der Waals surface area contributed by atoms with Gasteiger partial charge in [-0.25, -0.2) is 9.07 Å². The lowest BCUT2D eigenvalue weighted by Gasteiger charge is -2.25. The van der Waals surface area contributed by atoms with Crippen LogP contribution in [0.3, 0.4) is 0 Å². The van der Waals surface area contributed by atoms with Crippen LogP contribution in [0, 0.1) is 19.7 Å². The number of rotatable bonds is 7. The molecule has 0 spiro atoms. The fourth-order valence-electron chi connectivity index (χ4n) is 4.71. The molecule has 1 aliphatic heterocycles. The number of ether oxygens (including phenoxy) is 1. The molecule has 1 aliphatic rings. The van der Waals surface area contributed by atoms with Crippen LogP contribution >= 0.6 is 11.8 Å². The van der Waals surface area contributed by atoms with E-state index in [9.17, 15) is 9.59 Å². The number of carbonyl (C=O) groups excluding carboxylic acids is 2. The van der Waals surface area contributed by atoms with Gasteiger partial charge in [0.2, 0.25) is 11.8 Å². The molecule has 1 atom stereocenters. The number of anilines is 1. The molecular weight excluding hydrogens is 503 g/mol. The van der Waals surface area contributed by atoms with Gasteiger partial charge in [-0.05, 0) is 31.5 Å². The molecule has 38 heavy (non-hydrogen) atoms. The van der Waals surface area contributed by atoms with Gasteiger partial charge >= 0.3 is 0 Å². The summed E-state index contributed by atoms with van der Waals surface area (Å²) in [4.78, 5) is 28.1. The van der Waals surface area contributed by atoms with E-state index in [1.807, 2.05) is 26.0 Å². The number of benzene rings is 2. The second-order valence-electron chi connectivity index (χ2n) is 10.6. The van der Waals surface area contributed by atoms with E-state index in [1.165, 1.54) is 22.7 Å². The van der Waals surface area contributed by atoms with Crippen molar-refractivity contribution in [2.75, 3.05) is 37.5 Å². The first-order chi connectivity index (χ1) is 18.0. The molecule has 0 saturated heterocycles. The molecular formula is C29H35FN4O3S. The minimum atomic E-state index is -0.481. The van der Waals surface area contributed by atoms with E-state index in [4.69, 9.17) is 9.84 Å². The van der Waals surface area contributed by atoms with Gasteiger partial charge in [0, 0.05) is 30.2 Å². The maximum Gasteiger partial charge on any atom is 0.240 e. The average molecular weight is 539 g/mol. The topological polar surface area (TPSA) is 76.5 Å². The Morgan fingerprint density at radius 2 is 1.95 bits per heavy atom. The summed E-state index contributed by atoms with van der Waals surface area (Å²) in [6, 6.07) is 12.7. The molecule has 3 aromatic rings. The van der Waals surface area contributed by atoms with Crippen molar-refractivity contribution in [1.82, 2.24) is 15.1 Å². The average Bonchev–Trinajstić information content (AvgIpc) is 3.18. The number of hydrogen-bond donors (Lipinski definition) is 1. The molecule has 9 heteroatoms. The van der Waals surface area contributed by atoms with E-state index in [1.54, 1.807) is 30.0 Å². The van der Waals surface area contributed by atoms with Crippen LogP contribution in [0.25, 0.3) is 5.69 Å². The summed E-state index contributed by atoms with van der Waals surface area (Å²) in [6.07, 6.45) is 0. The minimum absolute atomic E-state index is 0.0928. The van der Waals surface area contributed by atoms with Crippen molar-refractivity contribution in [3.05, 3.63) is 76.2 Å². The normalized spacial score (nSPS) is 15.8. The second kappa shape index (κ2) is 11.3. The van der Waals surface area contributed by atoms with Crippen LogP contribution in [-0.4, -0.2) is 54.2 Å². The van der Waals surface area contributed by atoms with Gasteiger partial charge in [-0.2, -0.15) is 5.10 Å². The van der Waals surface area contributed by atoms with Gasteiger partial charge in [0.15, 0.2) is 0 Å². The van der Waals surface area contributed by atoms with E-state index < -0.39 is 10.7 Å². The molecule has 4 rings (SSSR count). The van der Waals surface area contributed by atoms with Gasteiger partial charge in [0.1, 0.15) is 18.2 Å². The molecule has 2 heterocycles. The maximum absolute atomic E-state index is 15.2. The van der Waals surface area contributed by atoms with Crippen molar-refractivity contribution in [1.29, 1.82) is 0 Å². The summed E-state index contributed by atoms with van der Waals surface area (Å²) in [7, 11) is 1.56. The number of fused-ring (bicyclic) bond motifs is 1. The molecule has 1 N–H and O–H groups in total. The highest BCUT2D eigenvalue weighted by Gasteiger charge is 2.40. The quantitative estimate of drug-likeness (QED) is 0.435. The van der Waals surface area contributed by atoms with Gasteiger partial charge in [0.05, 0.1) is 29.0 Å². The van der Waals surface area contributed by atoms with E-state index in [0.717, 1.165) is 28.1 Å². The number of amides is 2. The van der Waals surface area contributed by atoms with Crippen LogP contribution in [0.2, 0.25) is 0 Å². The molecule has 0 unspecified atom stereocenters.